The Kier molecular flexibility index (Phi) is 2.40. The van der Waals surface area contributed by atoms with Gasteiger partial charge in [-0.25, -0.2) is 0 Å². The second-order valence-corrected chi connectivity index (χ2v) is 4.56. The van der Waals surface area contributed by atoms with Crippen molar-refractivity contribution in [3.63, 3.8) is 0 Å². The average Bonchev–Trinajstić information content (AvgIpc) is 2.16. The molecule has 0 fully saturated rings. The summed E-state index contributed by atoms with van der Waals surface area (Å²) in [6, 6.07) is 6.35. The molecule has 0 radical (unpaired) electrons. The second-order valence-electron chi connectivity index (χ2n) is 3.42. The van der Waals surface area contributed by atoms with Gasteiger partial charge in [-0.05, 0) is 36.3 Å². The lowest BCUT2D eigenvalue weighted by atomic mass is 9.96. The van der Waals surface area contributed by atoms with Crippen molar-refractivity contribution in [3.8, 4) is 0 Å². The molecule has 2 heteroatoms. The van der Waals surface area contributed by atoms with E-state index >= 15 is 0 Å². The second kappa shape index (κ2) is 3.54. The van der Waals surface area contributed by atoms with Crippen molar-refractivity contribution < 1.29 is 4.79 Å². The Morgan fingerprint density at radius 2 is 2.38 bits per heavy atom. The monoisotopic (exact) mass is 192 g/mol. The normalized spacial score (nSPS) is 20.8. The summed E-state index contributed by atoms with van der Waals surface area (Å²) in [5.74, 6) is 1.21. The standard InChI is InChI=1S/C11H12OS/c1-8-2-3-10-9(7-12)4-5-13-11(10)6-8/h2-3,6-7,9H,4-5H2,1H3. The minimum atomic E-state index is 0.136. The lowest BCUT2D eigenvalue weighted by Crippen LogP contribution is -2.08. The fourth-order valence-corrected chi connectivity index (χ4v) is 2.91. The molecule has 1 aliphatic rings. The number of hydrogen-bond acceptors (Lipinski definition) is 2. The van der Waals surface area contributed by atoms with E-state index in [9.17, 15) is 4.79 Å². The van der Waals surface area contributed by atoms with Gasteiger partial charge in [0.15, 0.2) is 0 Å². The number of carbonyl (C=O) groups excluding carboxylic acids is 1. The molecular formula is C11H12OS. The van der Waals surface area contributed by atoms with Gasteiger partial charge in [0.25, 0.3) is 0 Å². The van der Waals surface area contributed by atoms with Gasteiger partial charge in [-0.2, -0.15) is 0 Å². The van der Waals surface area contributed by atoms with Gasteiger partial charge in [-0.15, -0.1) is 11.8 Å². The van der Waals surface area contributed by atoms with Gasteiger partial charge in [-0.1, -0.05) is 12.1 Å². The molecule has 0 amide bonds. The van der Waals surface area contributed by atoms with Crippen LogP contribution in [-0.2, 0) is 4.79 Å². The fourth-order valence-electron chi connectivity index (χ4n) is 1.67. The molecule has 0 aliphatic carbocycles. The summed E-state index contributed by atoms with van der Waals surface area (Å²) in [5.41, 5.74) is 2.50. The van der Waals surface area contributed by atoms with Crippen LogP contribution >= 0.6 is 11.8 Å². The summed E-state index contributed by atoms with van der Waals surface area (Å²) >= 11 is 1.86. The minimum absolute atomic E-state index is 0.136. The van der Waals surface area contributed by atoms with Gasteiger partial charge >= 0.3 is 0 Å². The highest BCUT2D eigenvalue weighted by molar-refractivity contribution is 7.99. The molecular weight excluding hydrogens is 180 g/mol. The van der Waals surface area contributed by atoms with Crippen LogP contribution in [0, 0.1) is 6.92 Å². The molecule has 1 unspecified atom stereocenters. The van der Waals surface area contributed by atoms with Gasteiger partial charge in [0.1, 0.15) is 6.29 Å². The quantitative estimate of drug-likeness (QED) is 0.636. The van der Waals surface area contributed by atoms with Crippen LogP contribution in [0.25, 0.3) is 0 Å². The fraction of sp³-hybridized carbons (Fsp3) is 0.364. The Labute approximate surface area is 82.5 Å². The van der Waals surface area contributed by atoms with E-state index < -0.39 is 0 Å². The van der Waals surface area contributed by atoms with Crippen molar-refractivity contribution in [1.82, 2.24) is 0 Å². The summed E-state index contributed by atoms with van der Waals surface area (Å²) in [7, 11) is 0. The number of thioether (sulfide) groups is 1. The van der Waals surface area contributed by atoms with Gasteiger partial charge < -0.3 is 4.79 Å². The Morgan fingerprint density at radius 3 is 3.15 bits per heavy atom. The van der Waals surface area contributed by atoms with Gasteiger partial charge in [0, 0.05) is 10.8 Å². The molecule has 1 heterocycles. The van der Waals surface area contributed by atoms with Crippen LogP contribution < -0.4 is 0 Å². The number of aldehydes is 1. The lowest BCUT2D eigenvalue weighted by molar-refractivity contribution is -0.109. The van der Waals surface area contributed by atoms with Crippen LogP contribution in [0.5, 0.6) is 0 Å². The van der Waals surface area contributed by atoms with Crippen LogP contribution in [0.3, 0.4) is 0 Å². The minimum Gasteiger partial charge on any atom is -0.303 e. The van der Waals surface area contributed by atoms with Crippen LogP contribution in [0.1, 0.15) is 23.5 Å². The van der Waals surface area contributed by atoms with E-state index in [1.54, 1.807) is 0 Å². The largest absolute Gasteiger partial charge is 0.303 e. The predicted molar refractivity (Wildman–Crippen MR) is 55.3 cm³/mol. The van der Waals surface area contributed by atoms with Gasteiger partial charge in [-0.3, -0.25) is 0 Å². The molecule has 13 heavy (non-hydrogen) atoms. The number of hydrogen-bond donors (Lipinski definition) is 0. The van der Waals surface area contributed by atoms with E-state index in [1.165, 1.54) is 16.0 Å². The van der Waals surface area contributed by atoms with E-state index in [-0.39, 0.29) is 5.92 Å². The number of rotatable bonds is 1. The molecule has 1 nitrogen and oxygen atoms in total. The number of fused-ring (bicyclic) bond motifs is 1. The maximum atomic E-state index is 10.8. The Bertz CT molecular complexity index is 333. The molecule has 0 N–H and O–H groups in total. The van der Waals surface area contributed by atoms with Crippen LogP contribution in [0.2, 0.25) is 0 Å². The van der Waals surface area contributed by atoms with Gasteiger partial charge in [0.05, 0.1) is 0 Å². The summed E-state index contributed by atoms with van der Waals surface area (Å²) in [6.45, 7) is 2.09. The maximum absolute atomic E-state index is 10.8. The van der Waals surface area contributed by atoms with E-state index in [0.29, 0.717) is 0 Å². The summed E-state index contributed by atoms with van der Waals surface area (Å²) in [6.07, 6.45) is 2.07. The first-order chi connectivity index (χ1) is 6.31. The molecule has 1 aromatic rings. The first-order valence-electron chi connectivity index (χ1n) is 4.50. The molecule has 0 saturated carbocycles. The molecule has 1 aromatic carbocycles. The van der Waals surface area contributed by atoms with Crippen LogP contribution in [-0.4, -0.2) is 12.0 Å². The highest BCUT2D eigenvalue weighted by Crippen LogP contribution is 2.36. The summed E-state index contributed by atoms with van der Waals surface area (Å²) < 4.78 is 0. The summed E-state index contributed by atoms with van der Waals surface area (Å²) in [5, 5.41) is 0. The molecule has 68 valence electrons. The number of benzene rings is 1. The highest BCUT2D eigenvalue weighted by Gasteiger charge is 2.19. The number of aryl methyl sites for hydroxylation is 1. The predicted octanol–water partition coefficient (Wildman–Crippen LogP) is 2.77. The molecule has 0 bridgehead atoms. The topological polar surface area (TPSA) is 17.1 Å². The molecule has 2 rings (SSSR count). The molecule has 0 spiro atoms. The van der Waals surface area contributed by atoms with Crippen molar-refractivity contribution in [1.29, 1.82) is 0 Å². The first kappa shape index (κ1) is 8.82. The SMILES string of the molecule is Cc1ccc2c(c1)SCCC2C=O. The average molecular weight is 192 g/mol. The van der Waals surface area contributed by atoms with Crippen molar-refractivity contribution in [2.24, 2.45) is 0 Å². The smallest absolute Gasteiger partial charge is 0.127 e. The Balaban J connectivity index is 2.45. The van der Waals surface area contributed by atoms with Crippen molar-refractivity contribution in [2.45, 2.75) is 24.2 Å². The van der Waals surface area contributed by atoms with Crippen LogP contribution in [0.4, 0.5) is 0 Å². The zero-order valence-electron chi connectivity index (χ0n) is 7.62. The van der Waals surface area contributed by atoms with Gasteiger partial charge in [0.2, 0.25) is 0 Å². The van der Waals surface area contributed by atoms with Crippen molar-refractivity contribution >= 4 is 18.0 Å². The third kappa shape index (κ3) is 1.63. The molecule has 0 aromatic heterocycles. The van der Waals surface area contributed by atoms with Crippen molar-refractivity contribution in [2.75, 3.05) is 5.75 Å². The first-order valence-corrected chi connectivity index (χ1v) is 5.48. The van der Waals surface area contributed by atoms with E-state index in [0.717, 1.165) is 18.5 Å². The highest BCUT2D eigenvalue weighted by atomic mass is 32.2. The van der Waals surface area contributed by atoms with E-state index in [1.807, 2.05) is 11.8 Å². The zero-order chi connectivity index (χ0) is 9.26. The van der Waals surface area contributed by atoms with Crippen molar-refractivity contribution in [3.05, 3.63) is 29.3 Å². The molecule has 1 atom stereocenters. The zero-order valence-corrected chi connectivity index (χ0v) is 8.43. The van der Waals surface area contributed by atoms with Crippen LogP contribution in [0.15, 0.2) is 23.1 Å². The molecule has 0 saturated heterocycles. The number of carbonyl (C=O) groups is 1. The maximum Gasteiger partial charge on any atom is 0.127 e. The Hall–Kier alpha value is -0.760. The van der Waals surface area contributed by atoms with E-state index in [4.69, 9.17) is 0 Å². The Morgan fingerprint density at radius 1 is 1.54 bits per heavy atom. The third-order valence-corrected chi connectivity index (χ3v) is 3.52. The van der Waals surface area contributed by atoms with E-state index in [2.05, 4.69) is 25.1 Å². The molecule has 1 aliphatic heterocycles. The summed E-state index contributed by atoms with van der Waals surface area (Å²) in [4.78, 5) is 12.1. The third-order valence-electron chi connectivity index (χ3n) is 2.42. The lowest BCUT2D eigenvalue weighted by Gasteiger charge is -2.20.